The second-order valence-electron chi connectivity index (χ2n) is 3.68. The fraction of sp³-hybridized carbons (Fsp3) is 0.273. The van der Waals surface area contributed by atoms with E-state index in [4.69, 9.17) is 11.1 Å². The molecule has 0 spiro atoms. The number of aliphatic imine (C=N–C) groups is 1. The molecule has 1 aliphatic rings. The quantitative estimate of drug-likeness (QED) is 0.746. The first-order chi connectivity index (χ1) is 7.24. The predicted octanol–water partition coefficient (Wildman–Crippen LogP) is 0.837. The Morgan fingerprint density at radius 2 is 2.00 bits per heavy atom. The summed E-state index contributed by atoms with van der Waals surface area (Å²) < 4.78 is 0. The van der Waals surface area contributed by atoms with Crippen LogP contribution in [0.5, 0.6) is 0 Å². The number of nitrogens with zero attached hydrogens (tertiary/aromatic N) is 2. The molecule has 0 radical (unpaired) electrons. The van der Waals surface area contributed by atoms with Crippen molar-refractivity contribution in [3.05, 3.63) is 35.9 Å². The van der Waals surface area contributed by atoms with E-state index in [1.807, 2.05) is 18.2 Å². The van der Waals surface area contributed by atoms with Gasteiger partial charge in [0, 0.05) is 6.54 Å². The van der Waals surface area contributed by atoms with E-state index in [0.29, 0.717) is 24.8 Å². The number of benzene rings is 1. The van der Waals surface area contributed by atoms with Gasteiger partial charge < -0.3 is 5.73 Å². The molecule has 0 fully saturated rings. The molecule has 0 saturated heterocycles. The fourth-order valence-corrected chi connectivity index (χ4v) is 1.69. The minimum absolute atomic E-state index is 0.342. The summed E-state index contributed by atoms with van der Waals surface area (Å²) in [5.74, 6) is 0.872. The summed E-state index contributed by atoms with van der Waals surface area (Å²) in [6.07, 6.45) is 0. The Morgan fingerprint density at radius 3 is 2.67 bits per heavy atom. The molecule has 2 rings (SSSR count). The van der Waals surface area contributed by atoms with Gasteiger partial charge in [-0.2, -0.15) is 0 Å². The summed E-state index contributed by atoms with van der Waals surface area (Å²) in [4.78, 5) is 6.02. The monoisotopic (exact) mass is 202 g/mol. The van der Waals surface area contributed by atoms with E-state index in [-0.39, 0.29) is 0 Å². The molecule has 78 valence electrons. The molecular weight excluding hydrogens is 188 g/mol. The zero-order valence-electron chi connectivity index (χ0n) is 8.48. The lowest BCUT2D eigenvalue weighted by atomic mass is 10.2. The molecule has 1 aliphatic heterocycles. The fourth-order valence-electron chi connectivity index (χ4n) is 1.69. The van der Waals surface area contributed by atoms with Crippen LogP contribution in [-0.2, 0) is 6.54 Å². The zero-order valence-corrected chi connectivity index (χ0v) is 8.48. The second kappa shape index (κ2) is 4.23. The number of hydrogen-bond acceptors (Lipinski definition) is 3. The average Bonchev–Trinajstić information content (AvgIpc) is 2.17. The molecule has 0 bridgehead atoms. The Bertz CT molecular complexity index is 383. The van der Waals surface area contributed by atoms with Crippen molar-refractivity contribution in [2.75, 3.05) is 13.1 Å². The lowest BCUT2D eigenvalue weighted by molar-refractivity contribution is 0.339. The third kappa shape index (κ3) is 2.63. The van der Waals surface area contributed by atoms with Crippen LogP contribution in [0.1, 0.15) is 5.56 Å². The maximum atomic E-state index is 7.51. The van der Waals surface area contributed by atoms with Crippen LogP contribution in [0.2, 0.25) is 0 Å². The molecule has 0 atom stereocenters. The maximum Gasteiger partial charge on any atom is 0.136 e. The molecule has 0 saturated carbocycles. The van der Waals surface area contributed by atoms with Crippen molar-refractivity contribution in [1.82, 2.24) is 4.90 Å². The van der Waals surface area contributed by atoms with Crippen molar-refractivity contribution in [2.45, 2.75) is 6.54 Å². The minimum atomic E-state index is 0.342. The van der Waals surface area contributed by atoms with Crippen LogP contribution in [0.15, 0.2) is 35.3 Å². The summed E-state index contributed by atoms with van der Waals surface area (Å²) in [5.41, 5.74) is 6.87. The van der Waals surface area contributed by atoms with Gasteiger partial charge in [-0.25, -0.2) is 4.99 Å². The molecule has 0 aromatic heterocycles. The van der Waals surface area contributed by atoms with E-state index < -0.39 is 0 Å². The van der Waals surface area contributed by atoms with Crippen molar-refractivity contribution >= 4 is 11.7 Å². The standard InChI is InChI=1S/C11H14N4/c12-10-7-15(8-11(13)14-10)6-9-4-2-1-3-5-9/h1-5H,6-8H2,(H3,12,13,14). The molecule has 0 aliphatic carbocycles. The third-order valence-corrected chi connectivity index (χ3v) is 2.29. The van der Waals surface area contributed by atoms with Gasteiger partial charge in [-0.15, -0.1) is 0 Å². The van der Waals surface area contributed by atoms with E-state index in [9.17, 15) is 0 Å². The van der Waals surface area contributed by atoms with Crippen LogP contribution in [-0.4, -0.2) is 29.7 Å². The first kappa shape index (κ1) is 9.86. The molecule has 1 aromatic carbocycles. The molecule has 0 unspecified atom stereocenters. The molecular formula is C11H14N4. The van der Waals surface area contributed by atoms with Gasteiger partial charge in [0.05, 0.1) is 13.1 Å². The number of amidine groups is 2. The highest BCUT2D eigenvalue weighted by molar-refractivity contribution is 5.98. The molecule has 4 nitrogen and oxygen atoms in total. The lowest BCUT2D eigenvalue weighted by Gasteiger charge is -2.24. The zero-order chi connectivity index (χ0) is 10.7. The third-order valence-electron chi connectivity index (χ3n) is 2.29. The Morgan fingerprint density at radius 1 is 1.27 bits per heavy atom. The van der Waals surface area contributed by atoms with E-state index in [1.54, 1.807) is 0 Å². The average molecular weight is 202 g/mol. The molecule has 15 heavy (non-hydrogen) atoms. The van der Waals surface area contributed by atoms with Gasteiger partial charge in [-0.1, -0.05) is 30.3 Å². The summed E-state index contributed by atoms with van der Waals surface area (Å²) in [6.45, 7) is 2.05. The normalized spacial score (nSPS) is 17.6. The highest BCUT2D eigenvalue weighted by Gasteiger charge is 2.15. The van der Waals surface area contributed by atoms with Gasteiger partial charge >= 0.3 is 0 Å². The van der Waals surface area contributed by atoms with E-state index in [2.05, 4.69) is 22.0 Å². The van der Waals surface area contributed by atoms with Crippen LogP contribution in [0.3, 0.4) is 0 Å². The molecule has 4 heteroatoms. The maximum absolute atomic E-state index is 7.51. The molecule has 3 N–H and O–H groups in total. The van der Waals surface area contributed by atoms with Gasteiger partial charge in [-0.3, -0.25) is 10.3 Å². The van der Waals surface area contributed by atoms with E-state index in [1.165, 1.54) is 5.56 Å². The van der Waals surface area contributed by atoms with Gasteiger partial charge in [0.15, 0.2) is 0 Å². The van der Waals surface area contributed by atoms with Gasteiger partial charge in [0.25, 0.3) is 0 Å². The van der Waals surface area contributed by atoms with Gasteiger partial charge in [0.1, 0.15) is 11.7 Å². The SMILES string of the molecule is N=C1CN(Cc2ccccc2)CC(N)=N1. The van der Waals surface area contributed by atoms with Crippen molar-refractivity contribution in [3.8, 4) is 0 Å². The van der Waals surface area contributed by atoms with Crippen LogP contribution < -0.4 is 5.73 Å². The molecule has 1 aromatic rings. The lowest BCUT2D eigenvalue weighted by Crippen LogP contribution is -2.41. The van der Waals surface area contributed by atoms with Crippen molar-refractivity contribution in [2.24, 2.45) is 10.7 Å². The Labute approximate surface area is 88.9 Å². The van der Waals surface area contributed by atoms with Crippen molar-refractivity contribution in [1.29, 1.82) is 5.41 Å². The minimum Gasteiger partial charge on any atom is -0.386 e. The van der Waals surface area contributed by atoms with Crippen LogP contribution in [0.25, 0.3) is 0 Å². The topological polar surface area (TPSA) is 65.5 Å². The Balaban J connectivity index is 2.02. The van der Waals surface area contributed by atoms with Crippen LogP contribution >= 0.6 is 0 Å². The van der Waals surface area contributed by atoms with Crippen molar-refractivity contribution in [3.63, 3.8) is 0 Å². The summed E-state index contributed by atoms with van der Waals surface area (Å²) in [5, 5.41) is 7.51. The highest BCUT2D eigenvalue weighted by atomic mass is 15.2. The molecule has 1 heterocycles. The number of rotatable bonds is 2. The summed E-state index contributed by atoms with van der Waals surface area (Å²) in [7, 11) is 0. The van der Waals surface area contributed by atoms with Crippen LogP contribution in [0.4, 0.5) is 0 Å². The number of nitrogens with one attached hydrogen (secondary N) is 1. The second-order valence-corrected chi connectivity index (χ2v) is 3.68. The summed E-state index contributed by atoms with van der Waals surface area (Å²) in [6, 6.07) is 10.2. The highest BCUT2D eigenvalue weighted by Crippen LogP contribution is 2.06. The van der Waals surface area contributed by atoms with E-state index in [0.717, 1.165) is 6.54 Å². The predicted molar refractivity (Wildman–Crippen MR) is 61.1 cm³/mol. The smallest absolute Gasteiger partial charge is 0.136 e. The van der Waals surface area contributed by atoms with E-state index >= 15 is 0 Å². The first-order valence-corrected chi connectivity index (χ1v) is 4.91. The Hall–Kier alpha value is -1.68. The number of nitrogens with two attached hydrogens (primary N) is 1. The first-order valence-electron chi connectivity index (χ1n) is 4.91. The number of hydrogen-bond donors (Lipinski definition) is 2. The summed E-state index contributed by atoms with van der Waals surface area (Å²) >= 11 is 0. The van der Waals surface area contributed by atoms with Crippen LogP contribution in [0, 0.1) is 5.41 Å². The largest absolute Gasteiger partial charge is 0.386 e. The Kier molecular flexibility index (Phi) is 2.78. The van der Waals surface area contributed by atoms with Gasteiger partial charge in [0.2, 0.25) is 0 Å². The molecule has 0 amide bonds. The van der Waals surface area contributed by atoms with Gasteiger partial charge in [-0.05, 0) is 5.56 Å². The van der Waals surface area contributed by atoms with Crippen molar-refractivity contribution < 1.29 is 0 Å².